The van der Waals surface area contributed by atoms with Gasteiger partial charge in [-0.1, -0.05) is 63.3 Å². The Bertz CT molecular complexity index is 738. The fourth-order valence-corrected chi connectivity index (χ4v) is 14.8. The van der Waals surface area contributed by atoms with Crippen LogP contribution in [0.4, 0.5) is 0 Å². The summed E-state index contributed by atoms with van der Waals surface area (Å²) in [6.45, 7) is 29.0. The minimum Gasteiger partial charge on any atom is -0.343 e. The number of hydrogen-bond donors (Lipinski definition) is 0. The summed E-state index contributed by atoms with van der Waals surface area (Å²) in [5.74, 6) is 1.70. The third-order valence-corrected chi connectivity index (χ3v) is 15.1. The van der Waals surface area contributed by atoms with Crippen molar-refractivity contribution in [3.63, 3.8) is 0 Å². The molecule has 9 atom stereocenters. The lowest BCUT2D eigenvalue weighted by molar-refractivity contribution is -0.549. The summed E-state index contributed by atoms with van der Waals surface area (Å²) in [6, 6.07) is 0. The van der Waals surface area contributed by atoms with Gasteiger partial charge >= 0.3 is 0 Å². The largest absolute Gasteiger partial charge is 0.343 e. The Labute approximate surface area is 214 Å². The van der Waals surface area contributed by atoms with Crippen molar-refractivity contribution >= 4 is 17.2 Å². The molecule has 1 aliphatic carbocycles. The smallest absolute Gasteiger partial charge is 0.172 e. The standard InChI is InChI=1S/C29H54O3P2/c1-19-13-21(15-34(23(3,4)5)24(6,7)8)22(14-20(19)2)29(18-33)25(9)16-27(11)31-26(29,10)17-28(12,30-25)32-27/h19-22H,13-18,33H2,1-12H3/t19-,20+,21?,22?,25?,26?,27?,28?,29?/m0/s1. The van der Waals surface area contributed by atoms with Crippen LogP contribution in [-0.2, 0) is 14.2 Å². The zero-order valence-corrected chi connectivity index (χ0v) is 26.4. The molecule has 0 N–H and O–H groups in total. The highest BCUT2D eigenvalue weighted by Crippen LogP contribution is 2.73. The first-order valence-corrected chi connectivity index (χ1v) is 16.2. The van der Waals surface area contributed by atoms with Crippen LogP contribution in [-0.4, -0.2) is 45.4 Å². The minimum absolute atomic E-state index is 0.0384. The van der Waals surface area contributed by atoms with Crippen molar-refractivity contribution < 1.29 is 14.2 Å². The number of hydrogen-bond acceptors (Lipinski definition) is 3. The van der Waals surface area contributed by atoms with Gasteiger partial charge in [-0.15, -0.1) is 9.24 Å². The zero-order chi connectivity index (χ0) is 25.8. The van der Waals surface area contributed by atoms with E-state index in [9.17, 15) is 0 Å². The molecule has 4 bridgehead atoms. The van der Waals surface area contributed by atoms with Crippen molar-refractivity contribution in [1.82, 2.24) is 0 Å². The Hall–Kier alpha value is 0.740. The van der Waals surface area contributed by atoms with Gasteiger partial charge in [0.05, 0.1) is 11.2 Å². The van der Waals surface area contributed by atoms with Gasteiger partial charge < -0.3 is 14.2 Å². The molecule has 0 aromatic heterocycles. The van der Waals surface area contributed by atoms with E-state index >= 15 is 0 Å². The summed E-state index contributed by atoms with van der Waals surface area (Å²) in [7, 11) is 3.02. The van der Waals surface area contributed by atoms with Gasteiger partial charge in [-0.2, -0.15) is 0 Å². The van der Waals surface area contributed by atoms with Crippen molar-refractivity contribution in [1.29, 1.82) is 0 Å². The third-order valence-electron chi connectivity index (χ3n) is 10.4. The number of rotatable bonds is 4. The van der Waals surface area contributed by atoms with Crippen molar-refractivity contribution in [2.24, 2.45) is 29.1 Å². The predicted molar refractivity (Wildman–Crippen MR) is 149 cm³/mol. The molecule has 4 aliphatic heterocycles. The average molecular weight is 513 g/mol. The molecule has 1 saturated carbocycles. The van der Waals surface area contributed by atoms with Crippen LogP contribution in [0.25, 0.3) is 0 Å². The topological polar surface area (TPSA) is 27.7 Å². The fourth-order valence-electron chi connectivity index (χ4n) is 9.61. The zero-order valence-electron chi connectivity index (χ0n) is 24.3. The summed E-state index contributed by atoms with van der Waals surface area (Å²) in [5, 5.41) is 0.691. The maximum atomic E-state index is 7.03. The summed E-state index contributed by atoms with van der Waals surface area (Å²) >= 11 is 0. The fraction of sp³-hybridized carbons (Fsp3) is 1.00. The maximum absolute atomic E-state index is 7.03. The molecular formula is C29H54O3P2. The van der Waals surface area contributed by atoms with Gasteiger partial charge in [0.2, 0.25) is 0 Å². The second-order valence-corrected chi connectivity index (χ2v) is 19.6. The van der Waals surface area contributed by atoms with Crippen LogP contribution >= 0.6 is 17.2 Å². The Morgan fingerprint density at radius 1 is 0.765 bits per heavy atom. The molecule has 0 spiro atoms. The Balaban J connectivity index is 1.82. The van der Waals surface area contributed by atoms with E-state index in [1.54, 1.807) is 0 Å². The minimum atomic E-state index is -0.551. The Morgan fingerprint density at radius 2 is 1.21 bits per heavy atom. The lowest BCUT2D eigenvalue weighted by Crippen LogP contribution is -2.84. The lowest BCUT2D eigenvalue weighted by atomic mass is 9.45. The van der Waals surface area contributed by atoms with Crippen LogP contribution in [0.5, 0.6) is 0 Å². The summed E-state index contributed by atoms with van der Waals surface area (Å²) in [4.78, 5) is 0. The van der Waals surface area contributed by atoms with Crippen LogP contribution in [0.2, 0.25) is 0 Å². The Kier molecular flexibility index (Phi) is 6.63. The normalized spacial score (nSPS) is 51.4. The SMILES string of the molecule is C[C@@H]1CC(C2(CP)C3(C)CC4(C)OC(C)(CC2(C)O4)O3)C(CP(C(C)(C)C)C(C)(C)C)C[C@@H]1C. The van der Waals surface area contributed by atoms with E-state index in [0.29, 0.717) is 22.1 Å². The first-order chi connectivity index (χ1) is 15.2. The summed E-state index contributed by atoms with van der Waals surface area (Å²) in [5.41, 5.74) is -0.544. The van der Waals surface area contributed by atoms with Gasteiger partial charge in [-0.25, -0.2) is 0 Å². The highest BCUT2D eigenvalue weighted by Gasteiger charge is 2.79. The van der Waals surface area contributed by atoms with Crippen molar-refractivity contribution in [3.05, 3.63) is 0 Å². The molecule has 198 valence electrons. The van der Waals surface area contributed by atoms with E-state index in [4.69, 9.17) is 14.2 Å². The van der Waals surface area contributed by atoms with Crippen LogP contribution in [0.15, 0.2) is 0 Å². The maximum Gasteiger partial charge on any atom is 0.172 e. The molecule has 4 heterocycles. The van der Waals surface area contributed by atoms with Crippen molar-refractivity contribution in [2.45, 2.75) is 142 Å². The molecule has 0 radical (unpaired) electrons. The highest BCUT2D eigenvalue weighted by atomic mass is 31.1. The molecule has 3 nitrogen and oxygen atoms in total. The monoisotopic (exact) mass is 512 g/mol. The van der Waals surface area contributed by atoms with Crippen LogP contribution in [0.1, 0.15) is 109 Å². The highest BCUT2D eigenvalue weighted by molar-refractivity contribution is 7.60. The molecule has 0 amide bonds. The average Bonchev–Trinajstić information content (AvgIpc) is 2.57. The molecular weight excluding hydrogens is 458 g/mol. The first-order valence-electron chi connectivity index (χ1n) is 13.8. The van der Waals surface area contributed by atoms with E-state index < -0.39 is 11.6 Å². The summed E-state index contributed by atoms with van der Waals surface area (Å²) < 4.78 is 20.5. The van der Waals surface area contributed by atoms with E-state index in [0.717, 1.165) is 30.8 Å². The molecule has 5 heteroatoms. The van der Waals surface area contributed by atoms with E-state index in [1.165, 1.54) is 19.0 Å². The van der Waals surface area contributed by atoms with Crippen LogP contribution in [0.3, 0.4) is 0 Å². The molecule has 5 rings (SSSR count). The number of ether oxygens (including phenoxy) is 3. The quantitative estimate of drug-likeness (QED) is 0.357. The van der Waals surface area contributed by atoms with E-state index in [-0.39, 0.29) is 24.5 Å². The molecule has 0 aromatic carbocycles. The molecule has 34 heavy (non-hydrogen) atoms. The van der Waals surface area contributed by atoms with Gasteiger partial charge in [0.15, 0.2) is 11.6 Å². The van der Waals surface area contributed by atoms with Crippen molar-refractivity contribution in [3.8, 4) is 0 Å². The second kappa shape index (κ2) is 8.12. The molecule has 4 saturated heterocycles. The molecule has 0 aromatic rings. The van der Waals surface area contributed by atoms with Gasteiger partial charge in [-0.3, -0.25) is 0 Å². The summed E-state index contributed by atoms with van der Waals surface area (Å²) in [6.07, 6.45) is 6.63. The van der Waals surface area contributed by atoms with Crippen molar-refractivity contribution in [2.75, 3.05) is 12.3 Å². The van der Waals surface area contributed by atoms with E-state index in [1.807, 2.05) is 0 Å². The molecule has 5 fully saturated rings. The van der Waals surface area contributed by atoms with Gasteiger partial charge in [-0.05, 0) is 86.8 Å². The van der Waals surface area contributed by atoms with E-state index in [2.05, 4.69) is 92.3 Å². The van der Waals surface area contributed by atoms with Gasteiger partial charge in [0.25, 0.3) is 0 Å². The Morgan fingerprint density at radius 3 is 1.62 bits per heavy atom. The molecule has 5 aliphatic rings. The van der Waals surface area contributed by atoms with Gasteiger partial charge in [0.1, 0.15) is 0 Å². The van der Waals surface area contributed by atoms with Crippen LogP contribution < -0.4 is 0 Å². The second-order valence-electron chi connectivity index (χ2n) is 15.3. The van der Waals surface area contributed by atoms with Gasteiger partial charge in [0, 0.05) is 18.3 Å². The third kappa shape index (κ3) is 4.10. The predicted octanol–water partition coefficient (Wildman–Crippen LogP) is 8.05. The first kappa shape index (κ1) is 27.8. The van der Waals surface area contributed by atoms with Crippen LogP contribution in [0, 0.1) is 29.1 Å². The molecule has 7 unspecified atom stereocenters. The lowest BCUT2D eigenvalue weighted by Gasteiger charge is -2.77.